The number of nitrogens with zero attached hydrogens (tertiary/aromatic N) is 1. The molecule has 0 saturated heterocycles. The highest BCUT2D eigenvalue weighted by Gasteiger charge is 2.42. The Morgan fingerprint density at radius 3 is 2.27 bits per heavy atom. The molecule has 0 fully saturated rings. The van der Waals surface area contributed by atoms with Gasteiger partial charge >= 0.3 is 11.9 Å². The van der Waals surface area contributed by atoms with E-state index in [0.29, 0.717) is 4.47 Å². The molecule has 9 heteroatoms. The summed E-state index contributed by atoms with van der Waals surface area (Å²) < 4.78 is 23.5. The van der Waals surface area contributed by atoms with Gasteiger partial charge in [0.1, 0.15) is 5.82 Å². The number of esters is 2. The summed E-state index contributed by atoms with van der Waals surface area (Å²) in [6.45, 7) is -0.826. The van der Waals surface area contributed by atoms with Crippen LogP contribution in [-0.4, -0.2) is 37.6 Å². The number of ether oxygens (including phenoxy) is 2. The van der Waals surface area contributed by atoms with Gasteiger partial charge in [-0.2, -0.15) is 0 Å². The fourth-order valence-corrected chi connectivity index (χ4v) is 2.36. The van der Waals surface area contributed by atoms with Crippen molar-refractivity contribution < 1.29 is 28.4 Å². The lowest BCUT2D eigenvalue weighted by Crippen LogP contribution is -2.36. The van der Waals surface area contributed by atoms with Crippen molar-refractivity contribution in [3.63, 3.8) is 0 Å². The monoisotopic (exact) mass is 377 g/mol. The highest BCUT2D eigenvalue weighted by molar-refractivity contribution is 9.10. The van der Waals surface area contributed by atoms with E-state index in [1.807, 2.05) is 0 Å². The number of carbonyl (C=O) groups excluding carboxylic acids is 2. The predicted octanol–water partition coefficient (Wildman–Crippen LogP) is 1.91. The Hall–Kier alpha value is -2.03. The van der Waals surface area contributed by atoms with Gasteiger partial charge in [0.05, 0.1) is 20.1 Å². The van der Waals surface area contributed by atoms with E-state index in [0.717, 1.165) is 20.3 Å². The summed E-state index contributed by atoms with van der Waals surface area (Å²) in [4.78, 5) is 33.7. The van der Waals surface area contributed by atoms with Crippen LogP contribution in [0.3, 0.4) is 0 Å². The fourth-order valence-electron chi connectivity index (χ4n) is 2.02. The predicted molar refractivity (Wildman–Crippen MR) is 76.2 cm³/mol. The van der Waals surface area contributed by atoms with Crippen LogP contribution in [-0.2, 0) is 19.1 Å². The number of hydrogen-bond acceptors (Lipinski definition) is 6. The van der Waals surface area contributed by atoms with Gasteiger partial charge in [0.15, 0.2) is 5.92 Å². The minimum Gasteiger partial charge on any atom is -0.468 e. The zero-order valence-electron chi connectivity index (χ0n) is 11.7. The largest absolute Gasteiger partial charge is 0.468 e. The summed E-state index contributed by atoms with van der Waals surface area (Å²) in [5.41, 5.74) is -0.138. The van der Waals surface area contributed by atoms with Crippen LogP contribution < -0.4 is 0 Å². The van der Waals surface area contributed by atoms with Crippen LogP contribution in [0.4, 0.5) is 4.39 Å². The third-order valence-electron chi connectivity index (χ3n) is 3.02. The highest BCUT2D eigenvalue weighted by atomic mass is 79.9. The van der Waals surface area contributed by atoms with Crippen LogP contribution in [0, 0.1) is 21.8 Å². The van der Waals surface area contributed by atoms with Gasteiger partial charge in [0, 0.05) is 9.40 Å². The van der Waals surface area contributed by atoms with Gasteiger partial charge in [0.2, 0.25) is 6.54 Å². The number of methoxy groups -OCH3 is 2. The molecule has 0 amide bonds. The summed E-state index contributed by atoms with van der Waals surface area (Å²) in [6.07, 6.45) is 0. The SMILES string of the molecule is COC(=O)C(C(=O)OC)[C@@H](C[N+](=O)[O-])c1ccc(Br)cc1F. The van der Waals surface area contributed by atoms with Gasteiger partial charge in [-0.3, -0.25) is 19.7 Å². The number of rotatable bonds is 6. The van der Waals surface area contributed by atoms with Crippen LogP contribution >= 0.6 is 15.9 Å². The van der Waals surface area contributed by atoms with E-state index in [1.165, 1.54) is 12.1 Å². The maximum absolute atomic E-state index is 14.1. The Morgan fingerprint density at radius 2 is 1.86 bits per heavy atom. The van der Waals surface area contributed by atoms with Gasteiger partial charge in [-0.05, 0) is 17.7 Å². The minimum atomic E-state index is -1.63. The molecule has 1 aromatic carbocycles. The summed E-state index contributed by atoms with van der Waals surface area (Å²) in [5.74, 6) is -5.81. The smallest absolute Gasteiger partial charge is 0.320 e. The van der Waals surface area contributed by atoms with E-state index in [1.54, 1.807) is 0 Å². The zero-order chi connectivity index (χ0) is 16.9. The number of nitro groups is 1. The topological polar surface area (TPSA) is 95.7 Å². The first-order valence-electron chi connectivity index (χ1n) is 6.04. The Bertz CT molecular complexity index is 578. The minimum absolute atomic E-state index is 0.138. The highest BCUT2D eigenvalue weighted by Crippen LogP contribution is 2.30. The third kappa shape index (κ3) is 4.23. The normalized spacial score (nSPS) is 11.9. The van der Waals surface area contributed by atoms with Crippen LogP contribution in [0.5, 0.6) is 0 Å². The van der Waals surface area contributed by atoms with Crippen molar-refractivity contribution in [2.24, 2.45) is 5.92 Å². The molecule has 0 aliphatic carbocycles. The van der Waals surface area contributed by atoms with Gasteiger partial charge in [-0.1, -0.05) is 22.0 Å². The second-order valence-electron chi connectivity index (χ2n) is 4.31. The van der Waals surface area contributed by atoms with Crippen molar-refractivity contribution in [1.29, 1.82) is 0 Å². The molecule has 1 rings (SSSR count). The second-order valence-corrected chi connectivity index (χ2v) is 5.23. The standard InChI is InChI=1S/C13H13BrFNO6/c1-21-12(17)11(13(18)22-2)9(6-16(19)20)8-4-3-7(14)5-10(8)15/h3-5,9,11H,6H2,1-2H3/t9-/m0/s1. The molecule has 120 valence electrons. The molecular weight excluding hydrogens is 365 g/mol. The number of halogens is 2. The van der Waals surface area contributed by atoms with Crippen LogP contribution in [0.1, 0.15) is 11.5 Å². The Labute approximate surface area is 133 Å². The van der Waals surface area contributed by atoms with Crippen molar-refractivity contribution in [3.05, 3.63) is 44.2 Å². The van der Waals surface area contributed by atoms with Gasteiger partial charge in [0.25, 0.3) is 0 Å². The van der Waals surface area contributed by atoms with E-state index < -0.39 is 41.1 Å². The maximum atomic E-state index is 14.1. The molecule has 1 atom stereocenters. The zero-order valence-corrected chi connectivity index (χ0v) is 13.3. The van der Waals surface area contributed by atoms with Crippen molar-refractivity contribution in [2.45, 2.75) is 5.92 Å². The first kappa shape index (κ1) is 18.0. The molecule has 0 aliphatic heterocycles. The molecule has 1 aromatic rings. The Morgan fingerprint density at radius 1 is 1.32 bits per heavy atom. The lowest BCUT2D eigenvalue weighted by molar-refractivity contribution is -0.484. The maximum Gasteiger partial charge on any atom is 0.320 e. The van der Waals surface area contributed by atoms with Gasteiger partial charge in [-0.15, -0.1) is 0 Å². The van der Waals surface area contributed by atoms with Crippen LogP contribution in [0.15, 0.2) is 22.7 Å². The average Bonchev–Trinajstić information content (AvgIpc) is 2.45. The molecule has 0 aliphatic rings. The number of hydrogen-bond donors (Lipinski definition) is 0. The molecule has 0 N–H and O–H groups in total. The van der Waals surface area contributed by atoms with E-state index in [4.69, 9.17) is 0 Å². The van der Waals surface area contributed by atoms with E-state index in [2.05, 4.69) is 25.4 Å². The van der Waals surface area contributed by atoms with Crippen molar-refractivity contribution >= 4 is 27.9 Å². The summed E-state index contributed by atoms with van der Waals surface area (Å²) in [6, 6.07) is 3.82. The second kappa shape index (κ2) is 7.83. The van der Waals surface area contributed by atoms with Crippen molar-refractivity contribution in [1.82, 2.24) is 0 Å². The van der Waals surface area contributed by atoms with Crippen molar-refractivity contribution in [3.8, 4) is 0 Å². The molecule has 22 heavy (non-hydrogen) atoms. The van der Waals surface area contributed by atoms with Gasteiger partial charge in [-0.25, -0.2) is 4.39 Å². The van der Waals surface area contributed by atoms with E-state index >= 15 is 0 Å². The van der Waals surface area contributed by atoms with E-state index in [9.17, 15) is 24.1 Å². The molecule has 0 heterocycles. The summed E-state index contributed by atoms with van der Waals surface area (Å²) >= 11 is 3.06. The number of benzene rings is 1. The molecule has 0 radical (unpaired) electrons. The summed E-state index contributed by atoms with van der Waals surface area (Å²) in [7, 11) is 2.05. The lowest BCUT2D eigenvalue weighted by Gasteiger charge is -2.21. The quantitative estimate of drug-likeness (QED) is 0.325. The Balaban J connectivity index is 3.38. The van der Waals surface area contributed by atoms with Crippen LogP contribution in [0.25, 0.3) is 0 Å². The molecule has 0 saturated carbocycles. The first-order chi connectivity index (χ1) is 10.3. The summed E-state index contributed by atoms with van der Waals surface area (Å²) in [5, 5.41) is 10.9. The average molecular weight is 378 g/mol. The Kier molecular flexibility index (Phi) is 6.41. The van der Waals surface area contributed by atoms with Crippen LogP contribution in [0.2, 0.25) is 0 Å². The molecule has 0 bridgehead atoms. The first-order valence-corrected chi connectivity index (χ1v) is 6.83. The lowest BCUT2D eigenvalue weighted by atomic mass is 9.85. The third-order valence-corrected chi connectivity index (χ3v) is 3.51. The molecule has 7 nitrogen and oxygen atoms in total. The molecule has 0 aromatic heterocycles. The number of carbonyl (C=O) groups is 2. The molecular formula is C13H13BrFNO6. The van der Waals surface area contributed by atoms with E-state index in [-0.39, 0.29) is 5.56 Å². The molecule has 0 spiro atoms. The molecule has 0 unspecified atom stereocenters. The fraction of sp³-hybridized carbons (Fsp3) is 0.385. The van der Waals surface area contributed by atoms with Gasteiger partial charge < -0.3 is 9.47 Å². The van der Waals surface area contributed by atoms with Crippen molar-refractivity contribution in [2.75, 3.05) is 20.8 Å².